The van der Waals surface area contributed by atoms with Crippen LogP contribution >= 0.6 is 0 Å². The Kier molecular flexibility index (Phi) is 5.41. The number of unbranched alkanes of at least 4 members (excludes halogenated alkanes) is 1. The number of aromatic nitrogens is 7. The highest BCUT2D eigenvalue weighted by molar-refractivity contribution is 5.65. The van der Waals surface area contributed by atoms with E-state index in [0.717, 1.165) is 42.5 Å². The zero-order valence-corrected chi connectivity index (χ0v) is 18.1. The number of aryl methyl sites for hydroxylation is 2. The highest BCUT2D eigenvalue weighted by Gasteiger charge is 2.19. The molecule has 168 valence electrons. The number of nitrogens with one attached hydrogen (secondary N) is 1. The third-order valence-electron chi connectivity index (χ3n) is 5.33. The van der Waals surface area contributed by atoms with E-state index in [1.165, 1.54) is 18.3 Å². The molecule has 0 saturated heterocycles. The predicted molar refractivity (Wildman–Crippen MR) is 116 cm³/mol. The Balaban J connectivity index is 1.37. The number of fused-ring (bicyclic) bond motifs is 1. The summed E-state index contributed by atoms with van der Waals surface area (Å²) in [4.78, 5) is 16.6. The highest BCUT2D eigenvalue weighted by atomic mass is 19.2. The van der Waals surface area contributed by atoms with Crippen molar-refractivity contribution in [3.8, 4) is 34.2 Å². The average molecular weight is 449 g/mol. The Morgan fingerprint density at radius 3 is 2.79 bits per heavy atom. The smallest absolute Gasteiger partial charge is 0.169 e. The van der Waals surface area contributed by atoms with Crippen LogP contribution in [0.5, 0.6) is 0 Å². The van der Waals surface area contributed by atoms with Crippen molar-refractivity contribution in [2.45, 2.75) is 39.7 Å². The number of aromatic amines is 1. The van der Waals surface area contributed by atoms with Gasteiger partial charge in [-0.2, -0.15) is 5.10 Å². The number of halogens is 2. The molecule has 0 bridgehead atoms. The molecule has 10 heteroatoms. The van der Waals surface area contributed by atoms with Crippen molar-refractivity contribution in [3.05, 3.63) is 65.6 Å². The quantitative estimate of drug-likeness (QED) is 0.383. The number of benzene rings is 1. The normalized spacial score (nSPS) is 11.5. The van der Waals surface area contributed by atoms with E-state index in [4.69, 9.17) is 4.52 Å². The Bertz CT molecular complexity index is 1390. The molecular weight excluding hydrogens is 428 g/mol. The third kappa shape index (κ3) is 4.11. The van der Waals surface area contributed by atoms with Gasteiger partial charge in [-0.05, 0) is 25.5 Å². The van der Waals surface area contributed by atoms with E-state index in [0.29, 0.717) is 29.4 Å². The molecule has 0 radical (unpaired) electrons. The molecule has 0 fully saturated rings. The average Bonchev–Trinajstić information content (AvgIpc) is 3.52. The van der Waals surface area contributed by atoms with Crippen molar-refractivity contribution in [1.29, 1.82) is 0 Å². The van der Waals surface area contributed by atoms with Gasteiger partial charge in [0.2, 0.25) is 0 Å². The summed E-state index contributed by atoms with van der Waals surface area (Å²) in [6.45, 7) is 4.42. The fourth-order valence-electron chi connectivity index (χ4n) is 3.64. The van der Waals surface area contributed by atoms with E-state index in [2.05, 4.69) is 37.1 Å². The molecular formula is C23H21F2N7O. The third-order valence-corrected chi connectivity index (χ3v) is 5.33. The van der Waals surface area contributed by atoms with Gasteiger partial charge in [-0.15, -0.1) is 0 Å². The fraction of sp³-hybridized carbons (Fsp3) is 0.261. The first-order valence-corrected chi connectivity index (χ1v) is 10.7. The van der Waals surface area contributed by atoms with E-state index < -0.39 is 11.6 Å². The SMILES string of the molecule is CCCCc1nc(-c2cc(Cn3cc4nc(-c5cccc(F)c5F)nc-4cn3)on2)c(C)[nH]1. The van der Waals surface area contributed by atoms with Crippen LogP contribution < -0.4 is 0 Å². The standard InChI is InChI=1S/C23H21F2N7O/c1-3-4-8-20-27-13(2)22(30-20)17-9-14(33-31-17)11-32-12-19-18(10-26-32)28-23(29-19)15-6-5-7-16(24)21(15)25/h5-7,9-10,12H,3-4,8,11H2,1-2H3,(H,27,30). The summed E-state index contributed by atoms with van der Waals surface area (Å²) in [5.41, 5.74) is 3.36. The maximum Gasteiger partial charge on any atom is 0.169 e. The second-order valence-corrected chi connectivity index (χ2v) is 7.83. The van der Waals surface area contributed by atoms with Gasteiger partial charge in [0.05, 0.1) is 18.0 Å². The topological polar surface area (TPSA) is 98.3 Å². The fourth-order valence-corrected chi connectivity index (χ4v) is 3.64. The molecule has 0 amide bonds. The number of rotatable bonds is 7. The number of hydrogen-bond acceptors (Lipinski definition) is 6. The molecule has 2 aliphatic rings. The van der Waals surface area contributed by atoms with Crippen LogP contribution in [0, 0.1) is 18.6 Å². The molecule has 0 aliphatic carbocycles. The Labute approximate surface area is 188 Å². The molecule has 8 nitrogen and oxygen atoms in total. The molecule has 5 rings (SSSR count). The molecule has 0 unspecified atom stereocenters. The predicted octanol–water partition coefficient (Wildman–Crippen LogP) is 4.80. The number of nitrogens with zero attached hydrogens (tertiary/aromatic N) is 6. The van der Waals surface area contributed by atoms with Crippen LogP contribution in [0.3, 0.4) is 0 Å². The van der Waals surface area contributed by atoms with Gasteiger partial charge in [-0.1, -0.05) is 24.6 Å². The minimum atomic E-state index is -0.977. The Morgan fingerprint density at radius 1 is 1.09 bits per heavy atom. The van der Waals surface area contributed by atoms with Gasteiger partial charge in [-0.3, -0.25) is 4.68 Å². The molecule has 2 aliphatic heterocycles. The van der Waals surface area contributed by atoms with Crippen LogP contribution in [-0.2, 0) is 13.0 Å². The summed E-state index contributed by atoms with van der Waals surface area (Å²) in [6, 6.07) is 5.74. The summed E-state index contributed by atoms with van der Waals surface area (Å²) in [7, 11) is 0. The van der Waals surface area contributed by atoms with Gasteiger partial charge in [-0.25, -0.2) is 23.7 Å². The van der Waals surface area contributed by atoms with Crippen LogP contribution in [0.2, 0.25) is 0 Å². The lowest BCUT2D eigenvalue weighted by atomic mass is 10.2. The zero-order chi connectivity index (χ0) is 22.9. The van der Waals surface area contributed by atoms with Gasteiger partial charge < -0.3 is 9.51 Å². The van der Waals surface area contributed by atoms with E-state index in [1.54, 1.807) is 10.9 Å². The molecule has 33 heavy (non-hydrogen) atoms. The first-order valence-electron chi connectivity index (χ1n) is 10.7. The second kappa shape index (κ2) is 8.53. The Hall–Kier alpha value is -3.95. The molecule has 1 N–H and O–H groups in total. The molecule has 0 atom stereocenters. The van der Waals surface area contributed by atoms with Crippen molar-refractivity contribution < 1.29 is 13.3 Å². The van der Waals surface area contributed by atoms with E-state index in [-0.39, 0.29) is 11.4 Å². The van der Waals surface area contributed by atoms with Crippen molar-refractivity contribution in [2.24, 2.45) is 0 Å². The maximum absolute atomic E-state index is 14.1. The van der Waals surface area contributed by atoms with Crippen LogP contribution in [-0.4, -0.2) is 34.9 Å². The van der Waals surface area contributed by atoms with Crippen molar-refractivity contribution in [3.63, 3.8) is 0 Å². The lowest BCUT2D eigenvalue weighted by molar-refractivity contribution is 0.372. The van der Waals surface area contributed by atoms with Crippen molar-refractivity contribution in [1.82, 2.24) is 34.9 Å². The zero-order valence-electron chi connectivity index (χ0n) is 18.1. The first-order chi connectivity index (χ1) is 16.0. The van der Waals surface area contributed by atoms with Gasteiger partial charge in [0.1, 0.15) is 35.1 Å². The molecule has 2 aromatic heterocycles. The highest BCUT2D eigenvalue weighted by Crippen LogP contribution is 2.27. The molecule has 1 aromatic carbocycles. The van der Waals surface area contributed by atoms with E-state index >= 15 is 0 Å². The van der Waals surface area contributed by atoms with Gasteiger partial charge >= 0.3 is 0 Å². The van der Waals surface area contributed by atoms with Crippen LogP contribution in [0.4, 0.5) is 8.78 Å². The number of imidazole rings is 2. The van der Waals surface area contributed by atoms with E-state index in [9.17, 15) is 8.78 Å². The monoisotopic (exact) mass is 449 g/mol. The lowest BCUT2D eigenvalue weighted by Crippen LogP contribution is -2.04. The van der Waals surface area contributed by atoms with Gasteiger partial charge in [0.15, 0.2) is 23.2 Å². The molecule has 3 aromatic rings. The second-order valence-electron chi connectivity index (χ2n) is 7.83. The van der Waals surface area contributed by atoms with Gasteiger partial charge in [0.25, 0.3) is 0 Å². The summed E-state index contributed by atoms with van der Waals surface area (Å²) >= 11 is 0. The van der Waals surface area contributed by atoms with E-state index in [1.807, 2.05) is 13.0 Å². The van der Waals surface area contributed by atoms with Crippen LogP contribution in [0.15, 0.2) is 41.2 Å². The molecule has 0 saturated carbocycles. The summed E-state index contributed by atoms with van der Waals surface area (Å²) < 4.78 is 34.8. The summed E-state index contributed by atoms with van der Waals surface area (Å²) in [5.74, 6) is -0.281. The van der Waals surface area contributed by atoms with Gasteiger partial charge in [0, 0.05) is 18.2 Å². The largest absolute Gasteiger partial charge is 0.359 e. The molecule has 0 spiro atoms. The lowest BCUT2D eigenvalue weighted by Gasteiger charge is -2.03. The number of H-pyrrole nitrogens is 1. The Morgan fingerprint density at radius 2 is 1.94 bits per heavy atom. The minimum Gasteiger partial charge on any atom is -0.359 e. The van der Waals surface area contributed by atoms with Crippen LogP contribution in [0.1, 0.15) is 37.0 Å². The molecule has 4 heterocycles. The summed E-state index contributed by atoms with van der Waals surface area (Å²) in [6.07, 6.45) is 6.26. The van der Waals surface area contributed by atoms with Crippen molar-refractivity contribution in [2.75, 3.05) is 0 Å². The first kappa shape index (κ1) is 20.9. The number of hydrogen-bond donors (Lipinski definition) is 1. The minimum absolute atomic E-state index is 0.00491. The maximum atomic E-state index is 14.1. The van der Waals surface area contributed by atoms with Crippen LogP contribution in [0.25, 0.3) is 34.2 Å². The summed E-state index contributed by atoms with van der Waals surface area (Å²) in [5, 5.41) is 8.48. The van der Waals surface area contributed by atoms with Crippen molar-refractivity contribution >= 4 is 0 Å².